The third-order valence-electron chi connectivity index (χ3n) is 4.77. The topological polar surface area (TPSA) is 41.1 Å². The first-order valence-electron chi connectivity index (χ1n) is 8.71. The van der Waals surface area contributed by atoms with E-state index in [0.717, 1.165) is 49.2 Å². The van der Waals surface area contributed by atoms with Gasteiger partial charge < -0.3 is 5.32 Å². The van der Waals surface area contributed by atoms with E-state index in [9.17, 15) is 4.39 Å². The van der Waals surface area contributed by atoms with Crippen molar-refractivity contribution >= 4 is 16.7 Å². The van der Waals surface area contributed by atoms with Gasteiger partial charge in [-0.25, -0.2) is 14.4 Å². The van der Waals surface area contributed by atoms with Crippen molar-refractivity contribution in [1.29, 1.82) is 0 Å². The largest absolute Gasteiger partial charge is 0.367 e. The van der Waals surface area contributed by atoms with E-state index in [1.54, 1.807) is 6.07 Å². The Morgan fingerprint density at radius 2 is 1.84 bits per heavy atom. The summed E-state index contributed by atoms with van der Waals surface area (Å²) in [6.07, 6.45) is 3.63. The number of piperidine rings is 1. The molecular weight excluding hydrogens is 315 g/mol. The SMILES string of the molecule is Fc1ccc2ncnc(NC3CCN(Cc4ccccc4)CC3)c2c1. The van der Waals surface area contributed by atoms with Crippen molar-refractivity contribution in [2.75, 3.05) is 18.4 Å². The van der Waals surface area contributed by atoms with Crippen LogP contribution in [0.25, 0.3) is 10.9 Å². The minimum absolute atomic E-state index is 0.261. The molecule has 1 aliphatic rings. The molecule has 2 aromatic carbocycles. The number of nitrogens with zero attached hydrogens (tertiary/aromatic N) is 3. The van der Waals surface area contributed by atoms with Crippen LogP contribution < -0.4 is 5.32 Å². The van der Waals surface area contributed by atoms with Crippen LogP contribution in [0.4, 0.5) is 10.2 Å². The van der Waals surface area contributed by atoms with Gasteiger partial charge in [-0.2, -0.15) is 0 Å². The fraction of sp³-hybridized carbons (Fsp3) is 0.300. The summed E-state index contributed by atoms with van der Waals surface area (Å²) in [5.74, 6) is 0.467. The zero-order chi connectivity index (χ0) is 17.1. The van der Waals surface area contributed by atoms with Crippen LogP contribution in [0.5, 0.6) is 0 Å². The van der Waals surface area contributed by atoms with Gasteiger partial charge in [-0.1, -0.05) is 30.3 Å². The first-order chi connectivity index (χ1) is 12.3. The summed E-state index contributed by atoms with van der Waals surface area (Å²) in [6, 6.07) is 15.6. The van der Waals surface area contributed by atoms with Gasteiger partial charge in [-0.05, 0) is 36.6 Å². The molecule has 1 N–H and O–H groups in total. The Hall–Kier alpha value is -2.53. The van der Waals surface area contributed by atoms with Crippen LogP contribution in [-0.2, 0) is 6.54 Å². The third kappa shape index (κ3) is 3.77. The van der Waals surface area contributed by atoms with Crippen LogP contribution in [0.2, 0.25) is 0 Å². The van der Waals surface area contributed by atoms with E-state index >= 15 is 0 Å². The number of aromatic nitrogens is 2. The Morgan fingerprint density at radius 3 is 2.64 bits per heavy atom. The molecule has 1 aromatic heterocycles. The van der Waals surface area contributed by atoms with E-state index in [4.69, 9.17) is 0 Å². The summed E-state index contributed by atoms with van der Waals surface area (Å²) in [4.78, 5) is 11.0. The predicted octanol–water partition coefficient (Wildman–Crippen LogP) is 3.85. The highest BCUT2D eigenvalue weighted by Gasteiger charge is 2.20. The van der Waals surface area contributed by atoms with Gasteiger partial charge in [0.2, 0.25) is 0 Å². The number of likely N-dealkylation sites (tertiary alicyclic amines) is 1. The summed E-state index contributed by atoms with van der Waals surface area (Å²) < 4.78 is 13.6. The van der Waals surface area contributed by atoms with Crippen molar-refractivity contribution in [1.82, 2.24) is 14.9 Å². The van der Waals surface area contributed by atoms with Crippen LogP contribution in [0.3, 0.4) is 0 Å². The second-order valence-corrected chi connectivity index (χ2v) is 6.56. The third-order valence-corrected chi connectivity index (χ3v) is 4.77. The number of hydrogen-bond acceptors (Lipinski definition) is 4. The van der Waals surface area contributed by atoms with E-state index in [2.05, 4.69) is 50.5 Å². The van der Waals surface area contributed by atoms with Crippen LogP contribution in [-0.4, -0.2) is 34.0 Å². The molecule has 0 saturated carbocycles. The highest BCUT2D eigenvalue weighted by atomic mass is 19.1. The first-order valence-corrected chi connectivity index (χ1v) is 8.71. The lowest BCUT2D eigenvalue weighted by Crippen LogP contribution is -2.38. The highest BCUT2D eigenvalue weighted by Crippen LogP contribution is 2.23. The maximum atomic E-state index is 13.6. The van der Waals surface area contributed by atoms with E-state index in [1.165, 1.54) is 24.0 Å². The first kappa shape index (κ1) is 16.0. The minimum Gasteiger partial charge on any atom is -0.367 e. The quantitative estimate of drug-likeness (QED) is 0.786. The molecule has 0 spiro atoms. The molecular formula is C20H21FN4. The van der Waals surface area contributed by atoms with Crippen LogP contribution >= 0.6 is 0 Å². The molecule has 25 heavy (non-hydrogen) atoms. The maximum absolute atomic E-state index is 13.6. The molecule has 1 fully saturated rings. The Morgan fingerprint density at radius 1 is 1.04 bits per heavy atom. The summed E-state index contributed by atoms with van der Waals surface area (Å²) in [5.41, 5.74) is 2.12. The molecule has 3 aromatic rings. The average Bonchev–Trinajstić information content (AvgIpc) is 2.65. The Bertz CT molecular complexity index is 845. The fourth-order valence-corrected chi connectivity index (χ4v) is 3.41. The zero-order valence-electron chi connectivity index (χ0n) is 14.0. The molecule has 1 saturated heterocycles. The Balaban J connectivity index is 1.40. The smallest absolute Gasteiger partial charge is 0.137 e. The van der Waals surface area contributed by atoms with E-state index < -0.39 is 0 Å². The van der Waals surface area contributed by atoms with Gasteiger partial charge in [0, 0.05) is 31.1 Å². The molecule has 0 aliphatic carbocycles. The Kier molecular flexibility index (Phi) is 4.57. The van der Waals surface area contributed by atoms with Gasteiger partial charge >= 0.3 is 0 Å². The van der Waals surface area contributed by atoms with E-state index in [0.29, 0.717) is 6.04 Å². The average molecular weight is 336 g/mol. The van der Waals surface area contributed by atoms with Crippen molar-refractivity contribution in [3.05, 3.63) is 66.2 Å². The molecule has 0 unspecified atom stereocenters. The van der Waals surface area contributed by atoms with Gasteiger partial charge in [-0.15, -0.1) is 0 Å². The summed E-state index contributed by atoms with van der Waals surface area (Å²) in [7, 11) is 0. The van der Waals surface area contributed by atoms with Gasteiger partial charge in [0.15, 0.2) is 0 Å². The lowest BCUT2D eigenvalue weighted by Gasteiger charge is -2.32. The van der Waals surface area contributed by atoms with E-state index in [1.807, 2.05) is 0 Å². The van der Waals surface area contributed by atoms with Gasteiger partial charge in [0.1, 0.15) is 18.0 Å². The minimum atomic E-state index is -0.261. The normalized spacial score (nSPS) is 16.2. The van der Waals surface area contributed by atoms with E-state index in [-0.39, 0.29) is 5.82 Å². The summed E-state index contributed by atoms with van der Waals surface area (Å²) in [5, 5.41) is 4.24. The number of anilines is 1. The lowest BCUT2D eigenvalue weighted by atomic mass is 10.0. The molecule has 4 nitrogen and oxygen atoms in total. The molecule has 4 rings (SSSR count). The predicted molar refractivity (Wildman–Crippen MR) is 97.9 cm³/mol. The van der Waals surface area contributed by atoms with Crippen molar-refractivity contribution < 1.29 is 4.39 Å². The monoisotopic (exact) mass is 336 g/mol. The fourth-order valence-electron chi connectivity index (χ4n) is 3.41. The van der Waals surface area contributed by atoms with Crippen LogP contribution in [0.1, 0.15) is 18.4 Å². The molecule has 1 aliphatic heterocycles. The maximum Gasteiger partial charge on any atom is 0.137 e. The molecule has 0 atom stereocenters. The van der Waals surface area contributed by atoms with Crippen molar-refractivity contribution in [2.45, 2.75) is 25.4 Å². The van der Waals surface area contributed by atoms with Gasteiger partial charge in [0.05, 0.1) is 5.52 Å². The molecule has 2 heterocycles. The van der Waals surface area contributed by atoms with Crippen molar-refractivity contribution in [3.8, 4) is 0 Å². The molecule has 0 radical (unpaired) electrons. The molecule has 5 heteroatoms. The highest BCUT2D eigenvalue weighted by molar-refractivity contribution is 5.88. The number of nitrogens with one attached hydrogen (secondary N) is 1. The number of rotatable bonds is 4. The molecule has 128 valence electrons. The summed E-state index contributed by atoms with van der Waals surface area (Å²) >= 11 is 0. The lowest BCUT2D eigenvalue weighted by molar-refractivity contribution is 0.211. The number of halogens is 1. The second-order valence-electron chi connectivity index (χ2n) is 6.56. The molecule has 0 amide bonds. The molecule has 0 bridgehead atoms. The standard InChI is InChI=1S/C20H21FN4/c21-16-6-7-19-18(12-16)20(23-14-22-19)24-17-8-10-25(11-9-17)13-15-4-2-1-3-5-15/h1-7,12,14,17H,8-11,13H2,(H,22,23,24). The van der Waals surface area contributed by atoms with Gasteiger partial charge in [-0.3, -0.25) is 4.90 Å². The Labute approximate surface area is 146 Å². The van der Waals surface area contributed by atoms with Crippen LogP contribution in [0, 0.1) is 5.82 Å². The van der Waals surface area contributed by atoms with Gasteiger partial charge in [0.25, 0.3) is 0 Å². The number of hydrogen-bond donors (Lipinski definition) is 1. The van der Waals surface area contributed by atoms with Crippen LogP contribution in [0.15, 0.2) is 54.9 Å². The summed E-state index contributed by atoms with van der Waals surface area (Å²) in [6.45, 7) is 3.09. The number of fused-ring (bicyclic) bond motifs is 1. The van der Waals surface area contributed by atoms with Crippen molar-refractivity contribution in [2.24, 2.45) is 0 Å². The second kappa shape index (κ2) is 7.15. The number of benzene rings is 2. The zero-order valence-corrected chi connectivity index (χ0v) is 14.0. The van der Waals surface area contributed by atoms with Crippen molar-refractivity contribution in [3.63, 3.8) is 0 Å².